The van der Waals surface area contributed by atoms with Gasteiger partial charge in [0.25, 0.3) is 5.22 Å². The van der Waals surface area contributed by atoms with E-state index >= 15 is 0 Å². The van der Waals surface area contributed by atoms with E-state index in [2.05, 4.69) is 10.2 Å². The molecular formula is C9H9N3O4S. The minimum absolute atomic E-state index is 0.0891. The number of carboxylic acids is 1. The second kappa shape index (κ2) is 5.02. The Morgan fingerprint density at radius 1 is 1.41 bits per heavy atom. The summed E-state index contributed by atoms with van der Waals surface area (Å²) < 4.78 is 10.2. The summed E-state index contributed by atoms with van der Waals surface area (Å²) in [6.45, 7) is 0.192. The highest BCUT2D eigenvalue weighted by atomic mass is 32.2. The van der Waals surface area contributed by atoms with Gasteiger partial charge in [-0.15, -0.1) is 10.2 Å². The molecule has 0 bridgehead atoms. The van der Waals surface area contributed by atoms with Gasteiger partial charge in [-0.2, -0.15) is 0 Å². The predicted octanol–water partition coefficient (Wildman–Crippen LogP) is 1.11. The number of aromatic carboxylic acids is 1. The quantitative estimate of drug-likeness (QED) is 0.763. The summed E-state index contributed by atoms with van der Waals surface area (Å²) in [5.74, 6) is 0.121. The van der Waals surface area contributed by atoms with Crippen LogP contribution in [0.1, 0.15) is 22.2 Å². The SMILES string of the molecule is NCc1nnc(SCc2ccc(C(=O)O)o2)o1. The highest BCUT2D eigenvalue weighted by Gasteiger charge is 2.11. The van der Waals surface area contributed by atoms with Crippen LogP contribution in [0.3, 0.4) is 0 Å². The van der Waals surface area contributed by atoms with Crippen LogP contribution < -0.4 is 5.73 Å². The molecule has 2 aromatic rings. The van der Waals surface area contributed by atoms with Crippen LogP contribution in [0.15, 0.2) is 26.2 Å². The minimum Gasteiger partial charge on any atom is -0.475 e. The van der Waals surface area contributed by atoms with Crippen molar-refractivity contribution in [3.8, 4) is 0 Å². The molecule has 0 aliphatic carbocycles. The van der Waals surface area contributed by atoms with Gasteiger partial charge in [0, 0.05) is 0 Å². The number of thioether (sulfide) groups is 1. The molecule has 0 saturated carbocycles. The van der Waals surface area contributed by atoms with Gasteiger partial charge in [-0.25, -0.2) is 4.79 Å². The molecule has 8 heteroatoms. The molecule has 0 radical (unpaired) electrons. The van der Waals surface area contributed by atoms with Gasteiger partial charge in [0.1, 0.15) is 5.76 Å². The second-order valence-electron chi connectivity index (χ2n) is 3.03. The summed E-state index contributed by atoms with van der Waals surface area (Å²) in [5.41, 5.74) is 5.32. The average molecular weight is 255 g/mol. The summed E-state index contributed by atoms with van der Waals surface area (Å²) in [6, 6.07) is 2.99. The fourth-order valence-corrected chi connectivity index (χ4v) is 1.76. The van der Waals surface area contributed by atoms with Crippen LogP contribution in [-0.2, 0) is 12.3 Å². The molecule has 0 aliphatic heterocycles. The molecule has 0 atom stereocenters. The van der Waals surface area contributed by atoms with E-state index in [1.807, 2.05) is 0 Å². The Balaban J connectivity index is 1.94. The van der Waals surface area contributed by atoms with E-state index in [0.29, 0.717) is 22.6 Å². The molecule has 0 unspecified atom stereocenters. The number of furan rings is 1. The topological polar surface area (TPSA) is 115 Å². The van der Waals surface area contributed by atoms with Crippen molar-refractivity contribution in [2.45, 2.75) is 17.5 Å². The van der Waals surface area contributed by atoms with Crippen LogP contribution in [0.5, 0.6) is 0 Å². The second-order valence-corrected chi connectivity index (χ2v) is 3.95. The van der Waals surface area contributed by atoms with Gasteiger partial charge >= 0.3 is 5.97 Å². The highest BCUT2D eigenvalue weighted by Crippen LogP contribution is 2.22. The summed E-state index contributed by atoms with van der Waals surface area (Å²) in [7, 11) is 0. The lowest BCUT2D eigenvalue weighted by Crippen LogP contribution is -1.95. The van der Waals surface area contributed by atoms with Crippen LogP contribution in [0.25, 0.3) is 0 Å². The number of hydrogen-bond acceptors (Lipinski definition) is 7. The molecule has 0 amide bonds. The van der Waals surface area contributed by atoms with Crippen LogP contribution in [0.2, 0.25) is 0 Å². The largest absolute Gasteiger partial charge is 0.475 e. The van der Waals surface area contributed by atoms with Crippen molar-refractivity contribution in [3.63, 3.8) is 0 Å². The number of aromatic nitrogens is 2. The molecule has 17 heavy (non-hydrogen) atoms. The first kappa shape index (κ1) is 11.7. The van der Waals surface area contributed by atoms with Gasteiger partial charge in [0.15, 0.2) is 0 Å². The Morgan fingerprint density at radius 3 is 2.82 bits per heavy atom. The number of carboxylic acid groups (broad SMARTS) is 1. The fourth-order valence-electron chi connectivity index (χ4n) is 1.08. The first-order valence-electron chi connectivity index (χ1n) is 4.66. The number of rotatable bonds is 5. The van der Waals surface area contributed by atoms with E-state index in [1.54, 1.807) is 6.07 Å². The van der Waals surface area contributed by atoms with Crippen molar-refractivity contribution >= 4 is 17.7 Å². The zero-order valence-electron chi connectivity index (χ0n) is 8.62. The van der Waals surface area contributed by atoms with Gasteiger partial charge in [-0.1, -0.05) is 11.8 Å². The van der Waals surface area contributed by atoms with E-state index in [1.165, 1.54) is 17.8 Å². The summed E-state index contributed by atoms with van der Waals surface area (Å²) in [6.07, 6.45) is 0. The molecule has 90 valence electrons. The standard InChI is InChI=1S/C9H9N3O4S/c10-3-7-11-12-9(16-7)17-4-5-1-2-6(15-5)8(13)14/h1-2H,3-4,10H2,(H,13,14). The predicted molar refractivity (Wildman–Crippen MR) is 57.4 cm³/mol. The maximum Gasteiger partial charge on any atom is 0.371 e. The van der Waals surface area contributed by atoms with Crippen molar-refractivity contribution in [2.75, 3.05) is 0 Å². The molecule has 0 spiro atoms. The Hall–Kier alpha value is -1.80. The molecule has 0 aromatic carbocycles. The summed E-state index contributed by atoms with van der Waals surface area (Å²) in [4.78, 5) is 10.6. The van der Waals surface area contributed by atoms with Gasteiger partial charge in [-0.3, -0.25) is 0 Å². The molecule has 7 nitrogen and oxygen atoms in total. The maximum atomic E-state index is 10.6. The summed E-state index contributed by atoms with van der Waals surface area (Å²) >= 11 is 1.25. The smallest absolute Gasteiger partial charge is 0.371 e. The fraction of sp³-hybridized carbons (Fsp3) is 0.222. The Bertz CT molecular complexity index is 522. The molecular weight excluding hydrogens is 246 g/mol. The van der Waals surface area contributed by atoms with E-state index < -0.39 is 5.97 Å². The van der Waals surface area contributed by atoms with Crippen molar-refractivity contribution < 1.29 is 18.7 Å². The van der Waals surface area contributed by atoms with E-state index in [-0.39, 0.29) is 12.3 Å². The number of carbonyl (C=O) groups is 1. The van der Waals surface area contributed by atoms with Crippen LogP contribution >= 0.6 is 11.8 Å². The Kier molecular flexibility index (Phi) is 3.45. The zero-order valence-corrected chi connectivity index (χ0v) is 9.44. The van der Waals surface area contributed by atoms with E-state index in [4.69, 9.17) is 19.7 Å². The van der Waals surface area contributed by atoms with Crippen LogP contribution in [-0.4, -0.2) is 21.3 Å². The highest BCUT2D eigenvalue weighted by molar-refractivity contribution is 7.98. The molecule has 0 saturated heterocycles. The number of nitrogens with zero attached hydrogens (tertiary/aromatic N) is 2. The molecule has 2 aromatic heterocycles. The van der Waals surface area contributed by atoms with Crippen molar-refractivity contribution in [3.05, 3.63) is 29.5 Å². The van der Waals surface area contributed by atoms with Crippen LogP contribution in [0.4, 0.5) is 0 Å². The molecule has 2 rings (SSSR count). The minimum atomic E-state index is -1.09. The monoisotopic (exact) mass is 255 g/mol. The average Bonchev–Trinajstić information content (AvgIpc) is 2.95. The third-order valence-electron chi connectivity index (χ3n) is 1.83. The first-order chi connectivity index (χ1) is 8.19. The molecule has 0 aliphatic rings. The van der Waals surface area contributed by atoms with E-state index in [9.17, 15) is 4.79 Å². The lowest BCUT2D eigenvalue weighted by molar-refractivity contribution is 0.0661. The van der Waals surface area contributed by atoms with Gasteiger partial charge in [-0.05, 0) is 12.1 Å². The van der Waals surface area contributed by atoms with E-state index in [0.717, 1.165) is 0 Å². The third kappa shape index (κ3) is 2.86. The van der Waals surface area contributed by atoms with Gasteiger partial charge in [0.05, 0.1) is 12.3 Å². The Morgan fingerprint density at radius 2 is 2.24 bits per heavy atom. The zero-order chi connectivity index (χ0) is 12.3. The number of hydrogen-bond donors (Lipinski definition) is 2. The normalized spacial score (nSPS) is 10.6. The van der Waals surface area contributed by atoms with Crippen molar-refractivity contribution in [2.24, 2.45) is 5.73 Å². The molecule has 0 fully saturated rings. The first-order valence-corrected chi connectivity index (χ1v) is 5.65. The van der Waals surface area contributed by atoms with Crippen molar-refractivity contribution in [1.82, 2.24) is 10.2 Å². The number of nitrogens with two attached hydrogens (primary N) is 1. The lowest BCUT2D eigenvalue weighted by Gasteiger charge is -1.92. The summed E-state index contributed by atoms with van der Waals surface area (Å²) in [5, 5.41) is 16.5. The maximum absolute atomic E-state index is 10.6. The molecule has 3 N–H and O–H groups in total. The van der Waals surface area contributed by atoms with Gasteiger partial charge < -0.3 is 19.7 Å². The third-order valence-corrected chi connectivity index (χ3v) is 2.67. The lowest BCUT2D eigenvalue weighted by atomic mass is 10.4. The Labute approximate surface area is 100.0 Å². The van der Waals surface area contributed by atoms with Crippen LogP contribution in [0, 0.1) is 0 Å². The van der Waals surface area contributed by atoms with Crippen molar-refractivity contribution in [1.29, 1.82) is 0 Å². The van der Waals surface area contributed by atoms with Gasteiger partial charge in [0.2, 0.25) is 11.7 Å². The molecule has 2 heterocycles.